The maximum absolute atomic E-state index is 6.03. The van der Waals surface area contributed by atoms with E-state index in [1.165, 1.54) is 0 Å². The van der Waals surface area contributed by atoms with Crippen molar-refractivity contribution in [3.8, 4) is 17.2 Å². The zero-order valence-corrected chi connectivity index (χ0v) is 15.1. The van der Waals surface area contributed by atoms with Crippen molar-refractivity contribution in [3.63, 3.8) is 0 Å². The van der Waals surface area contributed by atoms with E-state index < -0.39 is 0 Å². The molecule has 0 fully saturated rings. The number of nitrogens with two attached hydrogens (primary N) is 1. The number of benzene rings is 3. The third-order valence-electron chi connectivity index (χ3n) is 4.34. The Kier molecular flexibility index (Phi) is 4.62. The van der Waals surface area contributed by atoms with Crippen LogP contribution in [0.4, 0.5) is 5.69 Å². The number of pyridine rings is 1. The smallest absolute Gasteiger partial charge is 0.138 e. The molecular weight excluding hydrogens is 336 g/mol. The summed E-state index contributed by atoms with van der Waals surface area (Å²) < 4.78 is 12.0. The van der Waals surface area contributed by atoms with E-state index in [0.717, 1.165) is 39.3 Å². The average molecular weight is 356 g/mol. The Hall–Kier alpha value is -3.53. The molecule has 4 rings (SSSR count). The molecule has 1 heterocycles. The van der Waals surface area contributed by atoms with Gasteiger partial charge in [-0.25, -0.2) is 0 Å². The molecule has 0 saturated heterocycles. The highest BCUT2D eigenvalue weighted by molar-refractivity contribution is 5.87. The van der Waals surface area contributed by atoms with Crippen molar-refractivity contribution in [1.29, 1.82) is 0 Å². The van der Waals surface area contributed by atoms with Crippen molar-refractivity contribution in [1.82, 2.24) is 4.98 Å². The maximum atomic E-state index is 6.03. The number of nitrogen functional groups attached to an aromatic ring is 1. The summed E-state index contributed by atoms with van der Waals surface area (Å²) in [5, 5.41) is 0.943. The van der Waals surface area contributed by atoms with Gasteiger partial charge in [0.15, 0.2) is 0 Å². The summed E-state index contributed by atoms with van der Waals surface area (Å²) in [6, 6.07) is 23.3. The highest BCUT2D eigenvalue weighted by Crippen LogP contribution is 2.33. The van der Waals surface area contributed by atoms with E-state index in [4.69, 9.17) is 15.2 Å². The van der Waals surface area contributed by atoms with Gasteiger partial charge in [-0.15, -0.1) is 0 Å². The number of rotatable bonds is 5. The normalized spacial score (nSPS) is 10.7. The maximum Gasteiger partial charge on any atom is 0.138 e. The lowest BCUT2D eigenvalue weighted by Crippen LogP contribution is -1.97. The lowest BCUT2D eigenvalue weighted by Gasteiger charge is -2.13. The molecule has 3 aromatic carbocycles. The van der Waals surface area contributed by atoms with Gasteiger partial charge in [0.2, 0.25) is 0 Å². The second-order valence-corrected chi connectivity index (χ2v) is 6.39. The third kappa shape index (κ3) is 3.85. The first-order valence-corrected chi connectivity index (χ1v) is 8.78. The molecule has 1 aromatic heterocycles. The fourth-order valence-corrected chi connectivity index (χ4v) is 2.90. The zero-order valence-electron chi connectivity index (χ0n) is 15.1. The first-order valence-electron chi connectivity index (χ1n) is 8.78. The Bertz CT molecular complexity index is 1060. The number of hydrogen-bond donors (Lipinski definition) is 1. The van der Waals surface area contributed by atoms with E-state index in [2.05, 4.69) is 11.1 Å². The van der Waals surface area contributed by atoms with Gasteiger partial charge in [0.05, 0.1) is 5.52 Å². The molecule has 134 valence electrons. The number of hydrogen-bond acceptors (Lipinski definition) is 4. The summed E-state index contributed by atoms with van der Waals surface area (Å²) in [5.74, 6) is 2.31. The van der Waals surface area contributed by atoms with Crippen LogP contribution in [-0.2, 0) is 6.61 Å². The van der Waals surface area contributed by atoms with Crippen LogP contribution in [0.1, 0.15) is 11.1 Å². The molecule has 2 N–H and O–H groups in total. The number of aryl methyl sites for hydroxylation is 1. The number of anilines is 1. The molecule has 0 aliphatic heterocycles. The van der Waals surface area contributed by atoms with Crippen molar-refractivity contribution < 1.29 is 9.47 Å². The first kappa shape index (κ1) is 16.9. The lowest BCUT2D eigenvalue weighted by atomic mass is 10.1. The predicted octanol–water partition coefficient (Wildman–Crippen LogP) is 5.50. The van der Waals surface area contributed by atoms with Crippen LogP contribution in [0.15, 0.2) is 79.0 Å². The minimum absolute atomic E-state index is 0.523. The van der Waals surface area contributed by atoms with Crippen LogP contribution in [0.2, 0.25) is 0 Å². The van der Waals surface area contributed by atoms with E-state index in [-0.39, 0.29) is 0 Å². The Morgan fingerprint density at radius 2 is 1.67 bits per heavy atom. The van der Waals surface area contributed by atoms with Crippen molar-refractivity contribution >= 4 is 16.6 Å². The van der Waals surface area contributed by atoms with Crippen molar-refractivity contribution in [3.05, 3.63) is 90.1 Å². The monoisotopic (exact) mass is 356 g/mol. The zero-order chi connectivity index (χ0) is 18.6. The molecule has 0 bridgehead atoms. The largest absolute Gasteiger partial charge is 0.489 e. The third-order valence-corrected chi connectivity index (χ3v) is 4.34. The van der Waals surface area contributed by atoms with Crippen LogP contribution in [0.5, 0.6) is 17.2 Å². The molecule has 4 nitrogen and oxygen atoms in total. The van der Waals surface area contributed by atoms with Crippen LogP contribution < -0.4 is 15.2 Å². The standard InChI is InChI=1S/C23H20N2O2/c1-16-13-20-21(14-23(16)26-15-17-5-3-2-4-6-17)25-12-11-22(20)27-19-9-7-18(24)8-10-19/h2-14H,15,24H2,1H3. The lowest BCUT2D eigenvalue weighted by molar-refractivity contribution is 0.304. The van der Waals surface area contributed by atoms with E-state index in [0.29, 0.717) is 12.3 Å². The van der Waals surface area contributed by atoms with E-state index in [1.807, 2.05) is 73.7 Å². The minimum Gasteiger partial charge on any atom is -0.489 e. The van der Waals surface area contributed by atoms with Gasteiger partial charge < -0.3 is 15.2 Å². The summed E-state index contributed by atoms with van der Waals surface area (Å²) >= 11 is 0. The number of nitrogens with zero attached hydrogens (tertiary/aromatic N) is 1. The topological polar surface area (TPSA) is 57.4 Å². The van der Waals surface area contributed by atoms with Crippen molar-refractivity contribution in [2.45, 2.75) is 13.5 Å². The van der Waals surface area contributed by atoms with Gasteiger partial charge in [-0.2, -0.15) is 0 Å². The van der Waals surface area contributed by atoms with Gasteiger partial charge >= 0.3 is 0 Å². The molecule has 0 radical (unpaired) electrons. The summed E-state index contributed by atoms with van der Waals surface area (Å²) in [6.07, 6.45) is 1.74. The fourth-order valence-electron chi connectivity index (χ4n) is 2.90. The SMILES string of the molecule is Cc1cc2c(Oc3ccc(N)cc3)ccnc2cc1OCc1ccccc1. The number of ether oxygens (including phenoxy) is 2. The van der Waals surface area contributed by atoms with Gasteiger partial charge in [0.1, 0.15) is 23.9 Å². The van der Waals surface area contributed by atoms with Crippen LogP contribution in [0.3, 0.4) is 0 Å². The van der Waals surface area contributed by atoms with E-state index >= 15 is 0 Å². The first-order chi connectivity index (χ1) is 13.2. The second kappa shape index (κ2) is 7.38. The quantitative estimate of drug-likeness (QED) is 0.480. The molecule has 0 aliphatic rings. The Labute approximate surface area is 158 Å². The summed E-state index contributed by atoms with van der Waals surface area (Å²) in [6.45, 7) is 2.55. The molecule has 0 saturated carbocycles. The summed E-state index contributed by atoms with van der Waals surface area (Å²) in [7, 11) is 0. The summed E-state index contributed by atoms with van der Waals surface area (Å²) in [5.41, 5.74) is 9.44. The predicted molar refractivity (Wildman–Crippen MR) is 108 cm³/mol. The molecule has 0 amide bonds. The van der Waals surface area contributed by atoms with Gasteiger partial charge in [0, 0.05) is 23.3 Å². The molecule has 0 spiro atoms. The van der Waals surface area contributed by atoms with Crippen LogP contribution >= 0.6 is 0 Å². The number of fused-ring (bicyclic) bond motifs is 1. The number of aromatic nitrogens is 1. The molecule has 0 atom stereocenters. The van der Waals surface area contributed by atoms with Gasteiger partial charge in [-0.05, 0) is 54.4 Å². The molecule has 4 aromatic rings. The highest BCUT2D eigenvalue weighted by Gasteiger charge is 2.09. The fraction of sp³-hybridized carbons (Fsp3) is 0.0870. The van der Waals surface area contributed by atoms with Gasteiger partial charge in [-0.3, -0.25) is 4.98 Å². The van der Waals surface area contributed by atoms with Crippen molar-refractivity contribution in [2.75, 3.05) is 5.73 Å². The Morgan fingerprint density at radius 3 is 2.44 bits per heavy atom. The van der Waals surface area contributed by atoms with Gasteiger partial charge in [-0.1, -0.05) is 30.3 Å². The second-order valence-electron chi connectivity index (χ2n) is 6.39. The molecular formula is C23H20N2O2. The van der Waals surface area contributed by atoms with E-state index in [9.17, 15) is 0 Å². The van der Waals surface area contributed by atoms with E-state index in [1.54, 1.807) is 6.20 Å². The molecule has 27 heavy (non-hydrogen) atoms. The van der Waals surface area contributed by atoms with Crippen LogP contribution in [-0.4, -0.2) is 4.98 Å². The molecule has 4 heteroatoms. The van der Waals surface area contributed by atoms with Crippen LogP contribution in [0, 0.1) is 6.92 Å². The molecule has 0 unspecified atom stereocenters. The molecule has 0 aliphatic carbocycles. The van der Waals surface area contributed by atoms with Crippen LogP contribution in [0.25, 0.3) is 10.9 Å². The summed E-state index contributed by atoms with van der Waals surface area (Å²) in [4.78, 5) is 4.47. The van der Waals surface area contributed by atoms with Crippen molar-refractivity contribution in [2.24, 2.45) is 0 Å². The minimum atomic E-state index is 0.523. The average Bonchev–Trinajstić information content (AvgIpc) is 2.69. The Morgan fingerprint density at radius 1 is 0.889 bits per heavy atom. The highest BCUT2D eigenvalue weighted by atomic mass is 16.5. The Balaban J connectivity index is 1.62. The van der Waals surface area contributed by atoms with Gasteiger partial charge in [0.25, 0.3) is 0 Å².